The summed E-state index contributed by atoms with van der Waals surface area (Å²) in [5, 5.41) is 25.2. The number of amides is 1. The van der Waals surface area contributed by atoms with E-state index in [0.717, 1.165) is 11.1 Å². The predicted molar refractivity (Wildman–Crippen MR) is 203 cm³/mol. The van der Waals surface area contributed by atoms with Gasteiger partial charge in [0.2, 0.25) is 17.8 Å². The van der Waals surface area contributed by atoms with Crippen LogP contribution in [0, 0.1) is 0 Å². The van der Waals surface area contributed by atoms with Gasteiger partial charge in [0.1, 0.15) is 5.75 Å². The molecular formula is C39H42N8O6. The second-order valence-corrected chi connectivity index (χ2v) is 11.4. The molecule has 0 saturated carbocycles. The fourth-order valence-corrected chi connectivity index (χ4v) is 4.91. The maximum atomic E-state index is 12.5. The zero-order valence-electron chi connectivity index (χ0n) is 29.2. The second-order valence-electron chi connectivity index (χ2n) is 11.4. The third kappa shape index (κ3) is 12.1. The lowest BCUT2D eigenvalue weighted by atomic mass is 10.1. The summed E-state index contributed by atoms with van der Waals surface area (Å²) in [5.74, 6) is 0.425. The van der Waals surface area contributed by atoms with E-state index in [1.54, 1.807) is 36.4 Å². The summed E-state index contributed by atoms with van der Waals surface area (Å²) in [5.41, 5.74) is 4.05. The highest BCUT2D eigenvalue weighted by molar-refractivity contribution is 5.94. The van der Waals surface area contributed by atoms with Crippen molar-refractivity contribution >= 4 is 46.8 Å². The summed E-state index contributed by atoms with van der Waals surface area (Å²) in [4.78, 5) is 38.2. The van der Waals surface area contributed by atoms with Crippen molar-refractivity contribution in [2.24, 2.45) is 0 Å². The van der Waals surface area contributed by atoms with Gasteiger partial charge in [-0.1, -0.05) is 67.2 Å². The molecule has 0 radical (unpaired) electrons. The number of nitrogens with one attached hydrogen (secondary N) is 5. The summed E-state index contributed by atoms with van der Waals surface area (Å²) >= 11 is 0. The molecule has 53 heavy (non-hydrogen) atoms. The van der Waals surface area contributed by atoms with Crippen LogP contribution in [-0.4, -0.2) is 78.6 Å². The van der Waals surface area contributed by atoms with Crippen LogP contribution in [0.2, 0.25) is 0 Å². The summed E-state index contributed by atoms with van der Waals surface area (Å²) in [6.45, 7) is 6.43. The van der Waals surface area contributed by atoms with Crippen LogP contribution in [0.1, 0.15) is 27.5 Å². The number of hydrogen-bond acceptors (Lipinski definition) is 13. The Balaban J connectivity index is 1.13. The van der Waals surface area contributed by atoms with E-state index in [4.69, 9.17) is 14.2 Å². The van der Waals surface area contributed by atoms with Crippen molar-refractivity contribution in [2.75, 3.05) is 62.6 Å². The van der Waals surface area contributed by atoms with E-state index in [0.29, 0.717) is 68.1 Å². The average molecular weight is 719 g/mol. The van der Waals surface area contributed by atoms with Crippen LogP contribution >= 0.6 is 0 Å². The van der Waals surface area contributed by atoms with Crippen LogP contribution in [0.5, 0.6) is 5.75 Å². The van der Waals surface area contributed by atoms with Gasteiger partial charge in [0.05, 0.1) is 33.5 Å². The van der Waals surface area contributed by atoms with Gasteiger partial charge in [0.25, 0.3) is 5.91 Å². The van der Waals surface area contributed by atoms with Crippen molar-refractivity contribution in [1.82, 2.24) is 25.6 Å². The number of aromatic nitrogens is 3. The summed E-state index contributed by atoms with van der Waals surface area (Å²) < 4.78 is 16.2. The van der Waals surface area contributed by atoms with Crippen LogP contribution in [0.25, 0.3) is 5.70 Å². The highest BCUT2D eigenvalue weighted by Crippen LogP contribution is 2.23. The first-order valence-electron chi connectivity index (χ1n) is 16.9. The van der Waals surface area contributed by atoms with Gasteiger partial charge in [-0.3, -0.25) is 4.79 Å². The zero-order valence-corrected chi connectivity index (χ0v) is 29.2. The van der Waals surface area contributed by atoms with E-state index >= 15 is 0 Å². The molecule has 0 aliphatic carbocycles. The molecule has 274 valence electrons. The van der Waals surface area contributed by atoms with Crippen molar-refractivity contribution in [3.8, 4) is 5.75 Å². The number of nitrogens with zero attached hydrogens (tertiary/aromatic N) is 3. The Hall–Kier alpha value is -6.51. The third-order valence-electron chi connectivity index (χ3n) is 7.61. The standard InChI is InChI=1S/C39H42N8O6/c1-27(42-34(36(50)51-2)29-9-5-3-6-10-29)28-13-15-31(16-14-28)43-38-45-37(46-39(47-38)44-32-17-19-33(48)20-18-32)41-22-24-53-26-25-52-23-21-40-35(49)30-11-7-4-8-12-30/h3-20,34,42,48H,1,21-26H2,2H3,(H,40,49)(H3,41,43,44,45,46,47). The maximum absolute atomic E-state index is 12.5. The molecule has 0 bridgehead atoms. The Morgan fingerprint density at radius 1 is 0.679 bits per heavy atom. The number of ether oxygens (including phenoxy) is 3. The molecule has 0 fully saturated rings. The lowest BCUT2D eigenvalue weighted by Gasteiger charge is -2.20. The Morgan fingerprint density at radius 3 is 1.83 bits per heavy atom. The minimum absolute atomic E-state index is 0.137. The molecule has 0 spiro atoms. The van der Waals surface area contributed by atoms with Crippen LogP contribution in [0.15, 0.2) is 116 Å². The molecule has 4 aromatic carbocycles. The number of anilines is 5. The molecule has 14 heteroatoms. The Kier molecular flexibility index (Phi) is 14.1. The van der Waals surface area contributed by atoms with E-state index < -0.39 is 12.0 Å². The number of methoxy groups -OCH3 is 1. The van der Waals surface area contributed by atoms with Gasteiger partial charge in [-0.2, -0.15) is 15.0 Å². The minimum Gasteiger partial charge on any atom is -0.508 e. The molecule has 14 nitrogen and oxygen atoms in total. The number of carbonyl (C=O) groups excluding carboxylic acids is 2. The summed E-state index contributed by atoms with van der Waals surface area (Å²) in [6, 6.07) is 31.5. The zero-order chi connectivity index (χ0) is 37.3. The number of aromatic hydroxyl groups is 1. The molecular weight excluding hydrogens is 676 g/mol. The number of benzene rings is 4. The molecule has 6 N–H and O–H groups in total. The fourth-order valence-electron chi connectivity index (χ4n) is 4.91. The van der Waals surface area contributed by atoms with Crippen LogP contribution in [-0.2, 0) is 19.0 Å². The first-order chi connectivity index (χ1) is 25.9. The van der Waals surface area contributed by atoms with Crippen molar-refractivity contribution in [3.63, 3.8) is 0 Å². The molecule has 1 unspecified atom stereocenters. The van der Waals surface area contributed by atoms with Crippen molar-refractivity contribution in [1.29, 1.82) is 0 Å². The molecule has 1 amide bonds. The second kappa shape index (κ2) is 19.8. The van der Waals surface area contributed by atoms with E-state index in [-0.39, 0.29) is 23.6 Å². The smallest absolute Gasteiger partial charge is 0.332 e. The number of carbonyl (C=O) groups is 2. The monoisotopic (exact) mass is 718 g/mol. The van der Waals surface area contributed by atoms with Crippen molar-refractivity contribution in [3.05, 3.63) is 132 Å². The first kappa shape index (κ1) is 37.7. The van der Waals surface area contributed by atoms with E-state index in [2.05, 4.69) is 48.1 Å². The Bertz CT molecular complexity index is 1910. The lowest BCUT2D eigenvalue weighted by molar-refractivity contribution is -0.142. The number of esters is 1. The first-order valence-corrected chi connectivity index (χ1v) is 16.9. The normalized spacial score (nSPS) is 11.2. The number of rotatable bonds is 20. The van der Waals surface area contributed by atoms with Gasteiger partial charge in [-0.15, -0.1) is 0 Å². The number of phenolic OH excluding ortho intramolecular Hbond substituents is 1. The largest absolute Gasteiger partial charge is 0.508 e. The molecule has 0 saturated heterocycles. The molecule has 1 aromatic heterocycles. The van der Waals surface area contributed by atoms with Crippen LogP contribution in [0.3, 0.4) is 0 Å². The summed E-state index contributed by atoms with van der Waals surface area (Å²) in [6.07, 6.45) is 0. The SMILES string of the molecule is C=C(NC(C(=O)OC)c1ccccc1)c1ccc(Nc2nc(NCCOCCOCCNC(=O)c3ccccc3)nc(Nc3ccc(O)cc3)n2)cc1. The average Bonchev–Trinajstić information content (AvgIpc) is 3.19. The minimum atomic E-state index is -0.716. The van der Waals surface area contributed by atoms with Crippen molar-refractivity contribution in [2.45, 2.75) is 6.04 Å². The molecule has 1 heterocycles. The summed E-state index contributed by atoms with van der Waals surface area (Å²) in [7, 11) is 1.35. The van der Waals surface area contributed by atoms with E-state index in [1.165, 1.54) is 7.11 Å². The maximum Gasteiger partial charge on any atom is 0.332 e. The Labute approximate surface area is 307 Å². The number of hydrogen-bond donors (Lipinski definition) is 6. The van der Waals surface area contributed by atoms with Gasteiger partial charge >= 0.3 is 5.97 Å². The highest BCUT2D eigenvalue weighted by atomic mass is 16.5. The van der Waals surface area contributed by atoms with Gasteiger partial charge in [-0.05, 0) is 59.7 Å². The van der Waals surface area contributed by atoms with E-state index in [1.807, 2.05) is 72.8 Å². The lowest BCUT2D eigenvalue weighted by Crippen LogP contribution is -2.28. The van der Waals surface area contributed by atoms with Crippen LogP contribution in [0.4, 0.5) is 29.2 Å². The highest BCUT2D eigenvalue weighted by Gasteiger charge is 2.22. The van der Waals surface area contributed by atoms with Gasteiger partial charge in [0, 0.05) is 35.7 Å². The molecule has 1 atom stereocenters. The molecule has 5 rings (SSSR count). The third-order valence-corrected chi connectivity index (χ3v) is 7.61. The molecule has 0 aliphatic rings. The quantitative estimate of drug-likeness (QED) is 0.0342. The Morgan fingerprint density at radius 2 is 1.23 bits per heavy atom. The van der Waals surface area contributed by atoms with Crippen molar-refractivity contribution < 1.29 is 28.9 Å². The molecule has 0 aliphatic heterocycles. The van der Waals surface area contributed by atoms with Gasteiger partial charge in [-0.25, -0.2) is 4.79 Å². The topological polar surface area (TPSA) is 181 Å². The predicted octanol–water partition coefficient (Wildman–Crippen LogP) is 5.41. The van der Waals surface area contributed by atoms with Gasteiger partial charge in [0.15, 0.2) is 6.04 Å². The number of phenols is 1. The van der Waals surface area contributed by atoms with E-state index in [9.17, 15) is 14.7 Å². The fraction of sp³-hybridized carbons (Fsp3) is 0.205. The van der Waals surface area contributed by atoms with Gasteiger partial charge < -0.3 is 45.9 Å². The molecule has 5 aromatic rings. The van der Waals surface area contributed by atoms with Crippen LogP contribution < -0.4 is 26.6 Å².